The van der Waals surface area contributed by atoms with Crippen LogP contribution in [-0.2, 0) is 23.7 Å². The van der Waals surface area contributed by atoms with Gasteiger partial charge in [0, 0.05) is 35.9 Å². The van der Waals surface area contributed by atoms with E-state index >= 15 is 0 Å². The van der Waals surface area contributed by atoms with Crippen molar-refractivity contribution < 1.29 is 9.32 Å². The van der Waals surface area contributed by atoms with Gasteiger partial charge in [0.05, 0.1) is 42.4 Å². The SMILES string of the molecule is Cn1cc(-c2cn3ncc(-c4ccc(CC(=O)Nc5cc(C(C)(C)C)on5)cc4)c3cn2)cn1. The Morgan fingerprint density at radius 1 is 1.03 bits per heavy atom. The van der Waals surface area contributed by atoms with Crippen LogP contribution in [0.1, 0.15) is 32.1 Å². The molecule has 0 unspecified atom stereocenters. The molecule has 1 amide bonds. The highest BCUT2D eigenvalue weighted by atomic mass is 16.5. The van der Waals surface area contributed by atoms with Crippen molar-refractivity contribution in [2.75, 3.05) is 5.32 Å². The van der Waals surface area contributed by atoms with Crippen LogP contribution >= 0.6 is 0 Å². The van der Waals surface area contributed by atoms with E-state index in [4.69, 9.17) is 4.52 Å². The van der Waals surface area contributed by atoms with E-state index < -0.39 is 0 Å². The molecule has 0 fully saturated rings. The summed E-state index contributed by atoms with van der Waals surface area (Å²) in [5.41, 5.74) is 5.34. The number of nitrogens with one attached hydrogen (secondary N) is 1. The highest BCUT2D eigenvalue weighted by Gasteiger charge is 2.20. The fourth-order valence-corrected chi connectivity index (χ4v) is 3.67. The molecule has 0 aliphatic carbocycles. The van der Waals surface area contributed by atoms with E-state index in [1.165, 1.54) is 0 Å². The largest absolute Gasteiger partial charge is 0.359 e. The van der Waals surface area contributed by atoms with Gasteiger partial charge in [0.2, 0.25) is 5.91 Å². The van der Waals surface area contributed by atoms with Crippen molar-refractivity contribution in [3.05, 3.63) is 72.6 Å². The van der Waals surface area contributed by atoms with Crippen LogP contribution in [0.25, 0.3) is 27.9 Å². The maximum atomic E-state index is 12.5. The lowest BCUT2D eigenvalue weighted by Gasteiger charge is -2.12. The van der Waals surface area contributed by atoms with E-state index in [9.17, 15) is 4.79 Å². The second-order valence-electron chi connectivity index (χ2n) is 9.31. The van der Waals surface area contributed by atoms with Crippen molar-refractivity contribution in [3.8, 4) is 22.4 Å². The average Bonchev–Trinajstić information content (AvgIpc) is 3.53. The number of carbonyl (C=O) groups is 1. The minimum Gasteiger partial charge on any atom is -0.359 e. The summed E-state index contributed by atoms with van der Waals surface area (Å²) in [7, 11) is 1.87. The summed E-state index contributed by atoms with van der Waals surface area (Å²) in [6.07, 6.45) is 9.46. The number of amides is 1. The monoisotopic (exact) mass is 455 g/mol. The molecule has 0 radical (unpaired) electrons. The summed E-state index contributed by atoms with van der Waals surface area (Å²) in [6.45, 7) is 6.08. The highest BCUT2D eigenvalue weighted by Crippen LogP contribution is 2.27. The topological polar surface area (TPSA) is 103 Å². The summed E-state index contributed by atoms with van der Waals surface area (Å²) in [4.78, 5) is 17.0. The number of nitrogens with zero attached hydrogens (tertiary/aromatic N) is 6. The zero-order valence-corrected chi connectivity index (χ0v) is 19.5. The first-order chi connectivity index (χ1) is 16.3. The van der Waals surface area contributed by atoms with E-state index in [2.05, 4.69) is 25.7 Å². The van der Waals surface area contributed by atoms with Crippen LogP contribution in [0.15, 0.2) is 65.8 Å². The third kappa shape index (κ3) is 4.32. The van der Waals surface area contributed by atoms with E-state index in [1.54, 1.807) is 16.9 Å². The van der Waals surface area contributed by atoms with Gasteiger partial charge in [-0.1, -0.05) is 50.2 Å². The Labute approximate surface area is 196 Å². The van der Waals surface area contributed by atoms with Crippen LogP contribution in [0.5, 0.6) is 0 Å². The van der Waals surface area contributed by atoms with Gasteiger partial charge < -0.3 is 9.84 Å². The number of hydrogen-bond donors (Lipinski definition) is 1. The zero-order chi connectivity index (χ0) is 23.9. The molecule has 1 N–H and O–H groups in total. The Hall–Kier alpha value is -4.27. The van der Waals surface area contributed by atoms with Crippen LogP contribution in [0.2, 0.25) is 0 Å². The fraction of sp³-hybridized carbons (Fsp3) is 0.240. The van der Waals surface area contributed by atoms with Crippen LogP contribution in [0.3, 0.4) is 0 Å². The molecule has 5 aromatic rings. The molecule has 0 saturated heterocycles. The third-order valence-electron chi connectivity index (χ3n) is 5.55. The Balaban J connectivity index is 1.29. The minimum absolute atomic E-state index is 0.148. The molecule has 4 heterocycles. The van der Waals surface area contributed by atoms with Gasteiger partial charge in [-0.2, -0.15) is 10.2 Å². The number of benzene rings is 1. The van der Waals surface area contributed by atoms with Crippen molar-refractivity contribution >= 4 is 17.2 Å². The molecule has 0 saturated carbocycles. The van der Waals surface area contributed by atoms with Gasteiger partial charge in [-0.15, -0.1) is 0 Å². The van der Waals surface area contributed by atoms with Crippen LogP contribution < -0.4 is 5.32 Å². The minimum atomic E-state index is -0.167. The molecule has 0 bridgehead atoms. The maximum Gasteiger partial charge on any atom is 0.230 e. The van der Waals surface area contributed by atoms with Gasteiger partial charge in [0.25, 0.3) is 0 Å². The molecule has 9 heteroatoms. The van der Waals surface area contributed by atoms with Crippen LogP contribution in [0, 0.1) is 0 Å². The molecule has 9 nitrogen and oxygen atoms in total. The smallest absolute Gasteiger partial charge is 0.230 e. The maximum absolute atomic E-state index is 12.5. The fourth-order valence-electron chi connectivity index (χ4n) is 3.67. The van der Waals surface area contributed by atoms with E-state index in [0.29, 0.717) is 5.82 Å². The second-order valence-corrected chi connectivity index (χ2v) is 9.31. The molecule has 5 rings (SSSR count). The summed E-state index contributed by atoms with van der Waals surface area (Å²) in [5, 5.41) is 15.4. The van der Waals surface area contributed by atoms with Gasteiger partial charge in [-0.05, 0) is 11.1 Å². The number of anilines is 1. The van der Waals surface area contributed by atoms with Crippen molar-refractivity contribution in [1.29, 1.82) is 0 Å². The first kappa shape index (κ1) is 21.6. The predicted molar refractivity (Wildman–Crippen MR) is 128 cm³/mol. The number of aryl methyl sites for hydroxylation is 1. The molecule has 0 spiro atoms. The summed E-state index contributed by atoms with van der Waals surface area (Å²) >= 11 is 0. The summed E-state index contributed by atoms with van der Waals surface area (Å²) < 4.78 is 8.88. The predicted octanol–water partition coefficient (Wildman–Crippen LogP) is 4.26. The van der Waals surface area contributed by atoms with E-state index in [1.807, 2.05) is 81.4 Å². The Kier molecular flexibility index (Phi) is 5.24. The van der Waals surface area contributed by atoms with E-state index in [-0.39, 0.29) is 17.7 Å². The van der Waals surface area contributed by atoms with E-state index in [0.717, 1.165) is 39.2 Å². The summed E-state index contributed by atoms with van der Waals surface area (Å²) in [5.74, 6) is 1.00. The Bertz CT molecular complexity index is 1470. The third-order valence-corrected chi connectivity index (χ3v) is 5.55. The standard InChI is InChI=1S/C25H25N7O2/c1-25(2,3)22-10-23(30-34-22)29-24(33)9-16-5-7-17(8-6-16)19-12-28-32-15-20(26-13-21(19)32)18-11-27-31(4)14-18/h5-8,10-15H,9H2,1-4H3,(H,29,30,33). The molecule has 0 atom stereocenters. The first-order valence-electron chi connectivity index (χ1n) is 10.9. The Morgan fingerprint density at radius 2 is 1.82 bits per heavy atom. The molecule has 0 aliphatic rings. The van der Waals surface area contributed by atoms with Crippen LogP contribution in [-0.4, -0.2) is 35.4 Å². The van der Waals surface area contributed by atoms with Crippen molar-refractivity contribution in [2.45, 2.75) is 32.6 Å². The van der Waals surface area contributed by atoms with Gasteiger partial charge in [-0.25, -0.2) is 4.52 Å². The van der Waals surface area contributed by atoms with Crippen LogP contribution in [0.4, 0.5) is 5.82 Å². The number of fused-ring (bicyclic) bond motifs is 1. The zero-order valence-electron chi connectivity index (χ0n) is 19.5. The summed E-state index contributed by atoms with van der Waals surface area (Å²) in [6, 6.07) is 9.63. The molecule has 34 heavy (non-hydrogen) atoms. The number of hydrogen-bond acceptors (Lipinski definition) is 6. The second kappa shape index (κ2) is 8.26. The van der Waals surface area contributed by atoms with Gasteiger partial charge >= 0.3 is 0 Å². The average molecular weight is 456 g/mol. The highest BCUT2D eigenvalue weighted by molar-refractivity contribution is 5.91. The molecular weight excluding hydrogens is 430 g/mol. The quantitative estimate of drug-likeness (QED) is 0.425. The van der Waals surface area contributed by atoms with Gasteiger partial charge in [0.15, 0.2) is 5.82 Å². The van der Waals surface area contributed by atoms with Gasteiger partial charge in [0.1, 0.15) is 5.76 Å². The van der Waals surface area contributed by atoms with Crippen molar-refractivity contribution in [2.24, 2.45) is 7.05 Å². The molecule has 172 valence electrons. The molecule has 4 aromatic heterocycles. The lowest BCUT2D eigenvalue weighted by atomic mass is 9.93. The number of carbonyl (C=O) groups excluding carboxylic acids is 1. The van der Waals surface area contributed by atoms with Crippen molar-refractivity contribution in [3.63, 3.8) is 0 Å². The molecule has 0 aliphatic heterocycles. The van der Waals surface area contributed by atoms with Crippen molar-refractivity contribution in [1.82, 2.24) is 29.5 Å². The Morgan fingerprint density at radius 3 is 2.50 bits per heavy atom. The lowest BCUT2D eigenvalue weighted by molar-refractivity contribution is -0.115. The molecular formula is C25H25N7O2. The number of rotatable bonds is 5. The number of aromatic nitrogens is 6. The lowest BCUT2D eigenvalue weighted by Crippen LogP contribution is -2.14. The molecule has 1 aromatic carbocycles. The normalized spacial score (nSPS) is 11.8. The van der Waals surface area contributed by atoms with Gasteiger partial charge in [-0.3, -0.25) is 14.5 Å². The first-order valence-corrected chi connectivity index (χ1v) is 10.9.